The molecule has 0 aliphatic rings. The Bertz CT molecular complexity index is 744. The fourth-order valence-corrected chi connectivity index (χ4v) is 1.99. The Morgan fingerprint density at radius 3 is 2.77 bits per heavy atom. The highest BCUT2D eigenvalue weighted by Gasteiger charge is 2.02. The second-order valence-corrected chi connectivity index (χ2v) is 4.87. The van der Waals surface area contributed by atoms with Crippen molar-refractivity contribution >= 4 is 17.5 Å². The van der Waals surface area contributed by atoms with Crippen molar-refractivity contribution in [3.63, 3.8) is 0 Å². The Balaban J connectivity index is 1.67. The molecular weight excluding hydrogens is 276 g/mol. The van der Waals surface area contributed by atoms with Crippen LogP contribution in [-0.4, -0.2) is 20.2 Å². The zero-order chi connectivity index (χ0) is 15.2. The van der Waals surface area contributed by atoms with Gasteiger partial charge < -0.3 is 10.6 Å². The lowest BCUT2D eigenvalue weighted by Gasteiger charge is -2.08. The zero-order valence-corrected chi connectivity index (χ0v) is 12.2. The van der Waals surface area contributed by atoms with Gasteiger partial charge in [0.1, 0.15) is 0 Å². The predicted molar refractivity (Wildman–Crippen MR) is 85.9 cm³/mol. The van der Waals surface area contributed by atoms with Crippen LogP contribution in [-0.2, 0) is 6.54 Å². The summed E-state index contributed by atoms with van der Waals surface area (Å²) in [5, 5.41) is 14.3. The number of benzene rings is 1. The number of aromatic nitrogens is 4. The van der Waals surface area contributed by atoms with Gasteiger partial charge in [-0.1, -0.05) is 12.1 Å². The molecule has 0 aliphatic carbocycles. The van der Waals surface area contributed by atoms with Gasteiger partial charge in [-0.05, 0) is 42.3 Å². The molecule has 0 atom stereocenters. The van der Waals surface area contributed by atoms with Crippen LogP contribution in [0.4, 0.5) is 17.5 Å². The summed E-state index contributed by atoms with van der Waals surface area (Å²) in [4.78, 5) is 8.39. The van der Waals surface area contributed by atoms with Crippen molar-refractivity contribution in [1.29, 1.82) is 0 Å². The molecule has 1 aromatic carbocycles. The first-order chi connectivity index (χ1) is 10.8. The number of aryl methyl sites for hydroxylation is 1. The van der Waals surface area contributed by atoms with Crippen molar-refractivity contribution in [2.24, 2.45) is 0 Å². The maximum Gasteiger partial charge on any atom is 0.249 e. The van der Waals surface area contributed by atoms with E-state index in [-0.39, 0.29) is 0 Å². The topological polar surface area (TPSA) is 75.6 Å². The van der Waals surface area contributed by atoms with E-state index in [1.165, 1.54) is 5.56 Å². The van der Waals surface area contributed by atoms with Crippen LogP contribution < -0.4 is 10.6 Å². The largest absolute Gasteiger partial charge is 0.365 e. The number of hydrogen-bond acceptors (Lipinski definition) is 6. The Hall–Kier alpha value is -3.02. The third kappa shape index (κ3) is 3.76. The van der Waals surface area contributed by atoms with Crippen molar-refractivity contribution in [2.45, 2.75) is 13.5 Å². The van der Waals surface area contributed by atoms with Gasteiger partial charge in [-0.25, -0.2) is 0 Å². The number of anilines is 3. The van der Waals surface area contributed by atoms with Crippen molar-refractivity contribution in [3.8, 4) is 0 Å². The van der Waals surface area contributed by atoms with Gasteiger partial charge in [0, 0.05) is 24.6 Å². The molecule has 0 radical (unpaired) electrons. The summed E-state index contributed by atoms with van der Waals surface area (Å²) in [6.45, 7) is 2.70. The molecule has 3 aromatic rings. The molecule has 0 saturated heterocycles. The van der Waals surface area contributed by atoms with Crippen LogP contribution in [0.15, 0.2) is 55.0 Å². The summed E-state index contributed by atoms with van der Waals surface area (Å²) >= 11 is 0. The van der Waals surface area contributed by atoms with Crippen LogP contribution in [0, 0.1) is 6.92 Å². The Morgan fingerprint density at radius 2 is 1.95 bits per heavy atom. The van der Waals surface area contributed by atoms with Gasteiger partial charge in [0.25, 0.3) is 0 Å². The zero-order valence-electron chi connectivity index (χ0n) is 12.2. The van der Waals surface area contributed by atoms with Crippen LogP contribution in [0.3, 0.4) is 0 Å². The molecule has 6 nitrogen and oxygen atoms in total. The molecule has 0 saturated carbocycles. The summed E-state index contributed by atoms with van der Waals surface area (Å²) in [6.07, 6.45) is 5.13. The van der Waals surface area contributed by atoms with E-state index in [9.17, 15) is 0 Å². The summed E-state index contributed by atoms with van der Waals surface area (Å²) in [7, 11) is 0. The lowest BCUT2D eigenvalue weighted by Crippen LogP contribution is -2.05. The number of rotatable bonds is 5. The summed E-state index contributed by atoms with van der Waals surface area (Å²) in [6, 6.07) is 11.9. The van der Waals surface area contributed by atoms with E-state index in [4.69, 9.17) is 0 Å². The van der Waals surface area contributed by atoms with Crippen molar-refractivity contribution in [1.82, 2.24) is 20.2 Å². The van der Waals surface area contributed by atoms with E-state index in [0.29, 0.717) is 18.3 Å². The van der Waals surface area contributed by atoms with Gasteiger partial charge in [-0.2, -0.15) is 10.1 Å². The Labute approximate surface area is 128 Å². The van der Waals surface area contributed by atoms with Crippen LogP contribution in [0.1, 0.15) is 11.1 Å². The number of nitrogens with zero attached hydrogens (tertiary/aromatic N) is 4. The van der Waals surface area contributed by atoms with Crippen LogP contribution in [0.25, 0.3) is 0 Å². The minimum atomic E-state index is 0.463. The maximum absolute atomic E-state index is 4.40. The van der Waals surface area contributed by atoms with Crippen molar-refractivity contribution in [3.05, 3.63) is 66.1 Å². The summed E-state index contributed by atoms with van der Waals surface area (Å²) in [5.41, 5.74) is 3.24. The van der Waals surface area contributed by atoms with Crippen LogP contribution >= 0.6 is 0 Å². The van der Waals surface area contributed by atoms with Crippen molar-refractivity contribution < 1.29 is 0 Å². The van der Waals surface area contributed by atoms with E-state index in [1.54, 1.807) is 18.6 Å². The molecule has 22 heavy (non-hydrogen) atoms. The predicted octanol–water partition coefficient (Wildman–Crippen LogP) is 2.93. The molecule has 2 heterocycles. The fourth-order valence-electron chi connectivity index (χ4n) is 1.99. The molecule has 2 aromatic heterocycles. The minimum Gasteiger partial charge on any atom is -0.365 e. The molecule has 0 amide bonds. The normalized spacial score (nSPS) is 10.2. The lowest BCUT2D eigenvalue weighted by molar-refractivity contribution is 0.965. The Morgan fingerprint density at radius 1 is 1.09 bits per heavy atom. The lowest BCUT2D eigenvalue weighted by atomic mass is 10.2. The number of hydrogen-bond donors (Lipinski definition) is 2. The van der Waals surface area contributed by atoms with Gasteiger partial charge in [-0.15, -0.1) is 5.10 Å². The van der Waals surface area contributed by atoms with E-state index in [0.717, 1.165) is 11.3 Å². The van der Waals surface area contributed by atoms with Gasteiger partial charge in [0.05, 0.1) is 6.20 Å². The third-order valence-corrected chi connectivity index (χ3v) is 3.06. The molecule has 0 spiro atoms. The molecule has 0 unspecified atom stereocenters. The molecule has 6 heteroatoms. The van der Waals surface area contributed by atoms with Gasteiger partial charge in [0.2, 0.25) is 5.95 Å². The SMILES string of the molecule is Cc1cccc(Nc2nncc(NCc3ccncc3)n2)c1. The van der Waals surface area contributed by atoms with E-state index in [1.807, 2.05) is 43.3 Å². The minimum absolute atomic E-state index is 0.463. The van der Waals surface area contributed by atoms with Gasteiger partial charge >= 0.3 is 0 Å². The second kappa shape index (κ2) is 6.62. The summed E-state index contributed by atoms with van der Waals surface area (Å²) in [5.74, 6) is 1.13. The molecule has 2 N–H and O–H groups in total. The molecule has 0 aliphatic heterocycles. The smallest absolute Gasteiger partial charge is 0.249 e. The van der Waals surface area contributed by atoms with Crippen LogP contribution in [0.5, 0.6) is 0 Å². The second-order valence-electron chi connectivity index (χ2n) is 4.87. The third-order valence-electron chi connectivity index (χ3n) is 3.06. The maximum atomic E-state index is 4.40. The van der Waals surface area contributed by atoms with E-state index in [2.05, 4.69) is 30.8 Å². The fraction of sp³-hybridized carbons (Fsp3) is 0.125. The molecule has 0 fully saturated rings. The first-order valence-electron chi connectivity index (χ1n) is 6.96. The first kappa shape index (κ1) is 13.9. The molecular formula is C16H16N6. The molecule has 0 bridgehead atoms. The monoisotopic (exact) mass is 292 g/mol. The van der Waals surface area contributed by atoms with E-state index >= 15 is 0 Å². The van der Waals surface area contributed by atoms with Crippen LogP contribution in [0.2, 0.25) is 0 Å². The first-order valence-corrected chi connectivity index (χ1v) is 6.96. The highest BCUT2D eigenvalue weighted by atomic mass is 15.3. The highest BCUT2D eigenvalue weighted by molar-refractivity contribution is 5.55. The molecule has 110 valence electrons. The average molecular weight is 292 g/mol. The molecule has 3 rings (SSSR count). The summed E-state index contributed by atoms with van der Waals surface area (Å²) < 4.78 is 0. The quantitative estimate of drug-likeness (QED) is 0.753. The van der Waals surface area contributed by atoms with E-state index < -0.39 is 0 Å². The average Bonchev–Trinajstić information content (AvgIpc) is 2.54. The standard InChI is InChI=1S/C16H16N6/c1-12-3-2-4-14(9-12)20-16-21-15(11-19-22-16)18-10-13-5-7-17-8-6-13/h2-9,11H,10H2,1H3,(H2,18,20,21,22). The highest BCUT2D eigenvalue weighted by Crippen LogP contribution is 2.15. The van der Waals surface area contributed by atoms with Crippen molar-refractivity contribution in [2.75, 3.05) is 10.6 Å². The van der Waals surface area contributed by atoms with Gasteiger partial charge in [0.15, 0.2) is 5.82 Å². The Kier molecular flexibility index (Phi) is 4.20. The number of pyridine rings is 1. The van der Waals surface area contributed by atoms with Gasteiger partial charge in [-0.3, -0.25) is 4.98 Å². The number of nitrogens with one attached hydrogen (secondary N) is 2.